The molecule has 0 fully saturated rings. The fourth-order valence-corrected chi connectivity index (χ4v) is 2.47. The van der Waals surface area contributed by atoms with Gasteiger partial charge in [0.25, 0.3) is 0 Å². The van der Waals surface area contributed by atoms with Gasteiger partial charge in [0, 0.05) is 31.6 Å². The average Bonchev–Trinajstić information content (AvgIpc) is 3.01. The van der Waals surface area contributed by atoms with Gasteiger partial charge in [0.15, 0.2) is 0 Å². The highest BCUT2D eigenvalue weighted by Gasteiger charge is 2.14. The molecule has 0 saturated carbocycles. The molecule has 0 spiro atoms. The summed E-state index contributed by atoms with van der Waals surface area (Å²) in [5.41, 5.74) is 2.90. The summed E-state index contributed by atoms with van der Waals surface area (Å²) < 4.78 is 9.15. The molecule has 0 N–H and O–H groups in total. The minimum atomic E-state index is 0.528. The Kier molecular flexibility index (Phi) is 3.36. The molecule has 3 rings (SSSR count). The Morgan fingerprint density at radius 2 is 2.20 bits per heavy atom. The van der Waals surface area contributed by atoms with Gasteiger partial charge in [-0.05, 0) is 12.1 Å². The number of hydrogen-bond donors (Lipinski definition) is 0. The molecule has 104 valence electrons. The smallest absolute Gasteiger partial charge is 0.121 e. The normalized spacial score (nSPS) is 11.2. The number of fused-ring (bicyclic) bond motifs is 1. The molecule has 0 aliphatic heterocycles. The molecule has 6 heteroatoms. The van der Waals surface area contributed by atoms with Crippen molar-refractivity contribution in [2.24, 2.45) is 7.05 Å². The highest BCUT2D eigenvalue weighted by atomic mass is 35.5. The maximum atomic E-state index is 5.89. The SMILES string of the molecule is COc1ccc2nc(CCCl)n(-c3cnn(C)c3)c2c1. The fourth-order valence-electron chi connectivity index (χ4n) is 2.30. The summed E-state index contributed by atoms with van der Waals surface area (Å²) >= 11 is 5.89. The van der Waals surface area contributed by atoms with E-state index in [9.17, 15) is 0 Å². The predicted octanol–water partition coefficient (Wildman–Crippen LogP) is 2.55. The van der Waals surface area contributed by atoms with Crippen LogP contribution in [0.1, 0.15) is 5.82 Å². The number of nitrogens with zero attached hydrogens (tertiary/aromatic N) is 4. The quantitative estimate of drug-likeness (QED) is 0.694. The van der Waals surface area contributed by atoms with E-state index in [4.69, 9.17) is 16.3 Å². The molecule has 0 unspecified atom stereocenters. The number of alkyl halides is 1. The number of methoxy groups -OCH3 is 1. The Labute approximate surface area is 121 Å². The lowest BCUT2D eigenvalue weighted by molar-refractivity contribution is 0.415. The molecule has 0 radical (unpaired) electrons. The van der Waals surface area contributed by atoms with E-state index in [1.807, 2.05) is 37.6 Å². The second-order valence-corrected chi connectivity index (χ2v) is 4.91. The second-order valence-electron chi connectivity index (χ2n) is 4.53. The third-order valence-corrected chi connectivity index (χ3v) is 3.39. The second kappa shape index (κ2) is 5.17. The summed E-state index contributed by atoms with van der Waals surface area (Å²) in [5, 5.41) is 4.23. The monoisotopic (exact) mass is 290 g/mol. The van der Waals surface area contributed by atoms with Crippen molar-refractivity contribution >= 4 is 22.6 Å². The molecule has 0 saturated heterocycles. The average molecular weight is 291 g/mol. The van der Waals surface area contributed by atoms with Crippen molar-refractivity contribution in [2.75, 3.05) is 13.0 Å². The van der Waals surface area contributed by atoms with E-state index in [1.54, 1.807) is 11.8 Å². The van der Waals surface area contributed by atoms with Gasteiger partial charge in [-0.1, -0.05) is 0 Å². The van der Waals surface area contributed by atoms with E-state index in [-0.39, 0.29) is 0 Å². The van der Waals surface area contributed by atoms with Gasteiger partial charge in [0.05, 0.1) is 30.0 Å². The molecule has 0 amide bonds. The van der Waals surface area contributed by atoms with Crippen LogP contribution < -0.4 is 4.74 Å². The molecule has 2 heterocycles. The van der Waals surface area contributed by atoms with Gasteiger partial charge in [-0.25, -0.2) is 4.98 Å². The van der Waals surface area contributed by atoms with Crippen LogP contribution in [0.25, 0.3) is 16.7 Å². The number of halogens is 1. The van der Waals surface area contributed by atoms with Gasteiger partial charge in [-0.3, -0.25) is 9.25 Å². The van der Waals surface area contributed by atoms with Gasteiger partial charge in [-0.15, -0.1) is 11.6 Å². The maximum Gasteiger partial charge on any atom is 0.121 e. The zero-order valence-electron chi connectivity index (χ0n) is 11.4. The van der Waals surface area contributed by atoms with Gasteiger partial charge < -0.3 is 4.74 Å². The molecule has 0 aliphatic carbocycles. The lowest BCUT2D eigenvalue weighted by Gasteiger charge is -2.06. The van der Waals surface area contributed by atoms with Crippen molar-refractivity contribution in [2.45, 2.75) is 6.42 Å². The highest BCUT2D eigenvalue weighted by Crippen LogP contribution is 2.25. The summed E-state index contributed by atoms with van der Waals surface area (Å²) in [6, 6.07) is 5.85. The van der Waals surface area contributed by atoms with Crippen molar-refractivity contribution < 1.29 is 4.74 Å². The minimum Gasteiger partial charge on any atom is -0.497 e. The topological polar surface area (TPSA) is 44.9 Å². The Bertz CT molecular complexity index is 747. The lowest BCUT2D eigenvalue weighted by Crippen LogP contribution is -2.01. The minimum absolute atomic E-state index is 0.528. The fraction of sp³-hybridized carbons (Fsp3) is 0.286. The van der Waals surface area contributed by atoms with E-state index in [1.165, 1.54) is 0 Å². The number of aromatic nitrogens is 4. The van der Waals surface area contributed by atoms with E-state index < -0.39 is 0 Å². The van der Waals surface area contributed by atoms with Gasteiger partial charge in [-0.2, -0.15) is 5.10 Å². The van der Waals surface area contributed by atoms with Crippen molar-refractivity contribution in [1.82, 2.24) is 19.3 Å². The van der Waals surface area contributed by atoms with Crippen LogP contribution in [0.3, 0.4) is 0 Å². The Hall–Kier alpha value is -2.01. The zero-order chi connectivity index (χ0) is 14.1. The Morgan fingerprint density at radius 3 is 2.85 bits per heavy atom. The van der Waals surface area contributed by atoms with E-state index in [0.717, 1.165) is 28.3 Å². The van der Waals surface area contributed by atoms with Crippen LogP contribution in [0.2, 0.25) is 0 Å². The number of rotatable bonds is 4. The van der Waals surface area contributed by atoms with E-state index in [0.29, 0.717) is 12.3 Å². The van der Waals surface area contributed by atoms with Crippen LogP contribution in [0.15, 0.2) is 30.6 Å². The summed E-state index contributed by atoms with van der Waals surface area (Å²) in [5.74, 6) is 2.26. The molecule has 3 aromatic rings. The van der Waals surface area contributed by atoms with Crippen LogP contribution in [0, 0.1) is 0 Å². The first-order chi connectivity index (χ1) is 9.72. The van der Waals surface area contributed by atoms with Crippen LogP contribution >= 0.6 is 11.6 Å². The first-order valence-corrected chi connectivity index (χ1v) is 6.86. The third kappa shape index (κ3) is 2.14. The summed E-state index contributed by atoms with van der Waals surface area (Å²) in [6.07, 6.45) is 4.48. The number of benzene rings is 1. The van der Waals surface area contributed by atoms with Crippen molar-refractivity contribution in [3.8, 4) is 11.4 Å². The van der Waals surface area contributed by atoms with Crippen molar-refractivity contribution in [3.05, 3.63) is 36.4 Å². The Morgan fingerprint density at radius 1 is 1.35 bits per heavy atom. The number of imidazole rings is 1. The maximum absolute atomic E-state index is 5.89. The predicted molar refractivity (Wildman–Crippen MR) is 78.8 cm³/mol. The molecule has 1 aromatic carbocycles. The van der Waals surface area contributed by atoms with Crippen molar-refractivity contribution in [3.63, 3.8) is 0 Å². The first kappa shape index (κ1) is 13.0. The third-order valence-electron chi connectivity index (χ3n) is 3.20. The highest BCUT2D eigenvalue weighted by molar-refractivity contribution is 6.17. The zero-order valence-corrected chi connectivity index (χ0v) is 12.1. The number of hydrogen-bond acceptors (Lipinski definition) is 3. The van der Waals surface area contributed by atoms with Gasteiger partial charge in [0.2, 0.25) is 0 Å². The molecular weight excluding hydrogens is 276 g/mol. The van der Waals surface area contributed by atoms with Crippen LogP contribution in [-0.2, 0) is 13.5 Å². The van der Waals surface area contributed by atoms with Gasteiger partial charge >= 0.3 is 0 Å². The first-order valence-electron chi connectivity index (χ1n) is 6.33. The summed E-state index contributed by atoms with van der Waals surface area (Å²) in [4.78, 5) is 4.65. The molecular formula is C14H15ClN4O. The number of ether oxygens (including phenoxy) is 1. The standard InChI is InChI=1S/C14H15ClN4O/c1-18-9-10(8-16-18)19-13-7-11(20-2)3-4-12(13)17-14(19)5-6-15/h3-4,7-9H,5-6H2,1-2H3. The lowest BCUT2D eigenvalue weighted by atomic mass is 10.3. The van der Waals surface area contributed by atoms with Gasteiger partial charge in [0.1, 0.15) is 11.6 Å². The van der Waals surface area contributed by atoms with E-state index >= 15 is 0 Å². The van der Waals surface area contributed by atoms with Crippen LogP contribution in [0.5, 0.6) is 5.75 Å². The molecule has 2 aromatic heterocycles. The summed E-state index contributed by atoms with van der Waals surface area (Å²) in [6.45, 7) is 0. The van der Waals surface area contributed by atoms with Crippen LogP contribution in [0.4, 0.5) is 0 Å². The summed E-state index contributed by atoms with van der Waals surface area (Å²) in [7, 11) is 3.55. The molecule has 0 aliphatic rings. The molecule has 20 heavy (non-hydrogen) atoms. The Balaban J connectivity index is 2.26. The molecule has 0 atom stereocenters. The molecule has 0 bridgehead atoms. The largest absolute Gasteiger partial charge is 0.497 e. The van der Waals surface area contributed by atoms with Crippen LogP contribution in [-0.4, -0.2) is 32.3 Å². The van der Waals surface area contributed by atoms with Crippen molar-refractivity contribution in [1.29, 1.82) is 0 Å². The molecule has 5 nitrogen and oxygen atoms in total. The number of aryl methyl sites for hydroxylation is 2. The van der Waals surface area contributed by atoms with E-state index in [2.05, 4.69) is 14.6 Å².